The number of H-pyrrole nitrogens is 1. The zero-order valence-corrected chi connectivity index (χ0v) is 16.7. The van der Waals surface area contributed by atoms with Gasteiger partial charge in [-0.3, -0.25) is 9.88 Å². The van der Waals surface area contributed by atoms with E-state index < -0.39 is 0 Å². The molecule has 4 nitrogen and oxygen atoms in total. The fourth-order valence-electron chi connectivity index (χ4n) is 4.03. The summed E-state index contributed by atoms with van der Waals surface area (Å²) in [5.41, 5.74) is 4.88. The van der Waals surface area contributed by atoms with Crippen LogP contribution in [-0.2, 0) is 6.42 Å². The molecular formula is C21H23BrN4. The first kappa shape index (κ1) is 17.4. The third-order valence-electron chi connectivity index (χ3n) is 5.23. The molecular weight excluding hydrogens is 388 g/mol. The zero-order valence-electron chi connectivity index (χ0n) is 15.1. The van der Waals surface area contributed by atoms with Gasteiger partial charge in [-0.05, 0) is 54.2 Å². The number of allylic oxidation sites excluding steroid dienone is 1. The molecule has 4 rings (SSSR count). The highest BCUT2D eigenvalue weighted by atomic mass is 79.9. The Morgan fingerprint density at radius 2 is 2.12 bits per heavy atom. The fourth-order valence-corrected chi connectivity index (χ4v) is 4.23. The molecule has 1 aliphatic rings. The van der Waals surface area contributed by atoms with E-state index in [1.54, 1.807) is 6.20 Å². The Kier molecular flexibility index (Phi) is 4.92. The summed E-state index contributed by atoms with van der Waals surface area (Å²) in [5, 5.41) is 1.33. The average molecular weight is 411 g/mol. The quantitative estimate of drug-likeness (QED) is 0.613. The van der Waals surface area contributed by atoms with Crippen molar-refractivity contribution < 1.29 is 0 Å². The van der Waals surface area contributed by atoms with Gasteiger partial charge in [-0.2, -0.15) is 0 Å². The molecule has 3 aromatic rings. The predicted molar refractivity (Wildman–Crippen MR) is 109 cm³/mol. The summed E-state index contributed by atoms with van der Waals surface area (Å²) in [6.07, 6.45) is 10.1. The lowest BCUT2D eigenvalue weighted by Crippen LogP contribution is -2.43. The smallest absolute Gasteiger partial charge is 0.124 e. The summed E-state index contributed by atoms with van der Waals surface area (Å²) < 4.78 is 0.766. The van der Waals surface area contributed by atoms with Crippen LogP contribution >= 0.6 is 15.9 Å². The van der Waals surface area contributed by atoms with Gasteiger partial charge in [-0.15, -0.1) is 0 Å². The van der Waals surface area contributed by atoms with Crippen LogP contribution in [0.2, 0.25) is 0 Å². The second-order valence-corrected chi connectivity index (χ2v) is 7.69. The molecule has 1 aliphatic heterocycles. The summed E-state index contributed by atoms with van der Waals surface area (Å²) in [6.45, 7) is 5.40. The number of para-hydroxylation sites is 1. The van der Waals surface area contributed by atoms with E-state index in [-0.39, 0.29) is 6.04 Å². The number of nitrogens with zero attached hydrogens (tertiary/aromatic N) is 3. The molecule has 3 heterocycles. The lowest BCUT2D eigenvalue weighted by Gasteiger charge is -2.40. The Hall–Kier alpha value is -1.98. The van der Waals surface area contributed by atoms with Crippen LogP contribution in [0.3, 0.4) is 0 Å². The molecule has 0 radical (unpaired) electrons. The Balaban J connectivity index is 1.84. The largest absolute Gasteiger partial charge is 0.357 e. The normalized spacial score (nSPS) is 20.7. The lowest BCUT2D eigenvalue weighted by molar-refractivity contribution is 0.149. The van der Waals surface area contributed by atoms with Gasteiger partial charge in [0.2, 0.25) is 0 Å². The fraction of sp³-hybridized carbons (Fsp3) is 0.333. The summed E-state index contributed by atoms with van der Waals surface area (Å²) >= 11 is 3.40. The Labute approximate surface area is 162 Å². The van der Waals surface area contributed by atoms with Crippen molar-refractivity contribution in [1.82, 2.24) is 19.9 Å². The third kappa shape index (κ3) is 3.10. The number of nitrogens with one attached hydrogen (secondary N) is 1. The first-order valence-electron chi connectivity index (χ1n) is 9.13. The molecule has 5 heteroatoms. The maximum atomic E-state index is 4.69. The number of hydrogen-bond donors (Lipinski definition) is 1. The van der Waals surface area contributed by atoms with Crippen molar-refractivity contribution >= 4 is 26.8 Å². The number of benzene rings is 1. The van der Waals surface area contributed by atoms with E-state index in [1.807, 2.05) is 6.20 Å². The van der Waals surface area contributed by atoms with Gasteiger partial charge in [-0.25, -0.2) is 4.98 Å². The van der Waals surface area contributed by atoms with Crippen LogP contribution in [0.1, 0.15) is 43.3 Å². The monoisotopic (exact) mass is 410 g/mol. The van der Waals surface area contributed by atoms with Crippen LogP contribution in [0, 0.1) is 0 Å². The van der Waals surface area contributed by atoms with Gasteiger partial charge in [0.15, 0.2) is 0 Å². The topological polar surface area (TPSA) is 44.8 Å². The summed E-state index contributed by atoms with van der Waals surface area (Å²) in [6, 6.07) is 9.14. The number of aromatic amines is 1. The molecule has 2 aromatic heterocycles. The zero-order chi connectivity index (χ0) is 18.1. The molecule has 1 unspecified atom stereocenters. The minimum Gasteiger partial charge on any atom is -0.357 e. The summed E-state index contributed by atoms with van der Waals surface area (Å²) in [7, 11) is 0. The van der Waals surface area contributed by atoms with Gasteiger partial charge in [0.05, 0.1) is 24.1 Å². The first-order chi connectivity index (χ1) is 12.7. The molecule has 0 bridgehead atoms. The number of hydrogen-bond acceptors (Lipinski definition) is 3. The van der Waals surface area contributed by atoms with Crippen molar-refractivity contribution in [3.05, 3.63) is 70.4 Å². The number of fused-ring (bicyclic) bond motifs is 3. The summed E-state index contributed by atoms with van der Waals surface area (Å²) in [4.78, 5) is 15.4. The maximum absolute atomic E-state index is 4.69. The van der Waals surface area contributed by atoms with E-state index in [2.05, 4.69) is 81.1 Å². The molecule has 134 valence electrons. The number of halogens is 1. The minimum absolute atomic E-state index is 0.104. The van der Waals surface area contributed by atoms with Crippen LogP contribution in [0.15, 0.2) is 53.4 Å². The molecule has 0 fully saturated rings. The van der Waals surface area contributed by atoms with Gasteiger partial charge < -0.3 is 4.98 Å². The second kappa shape index (κ2) is 7.33. The van der Waals surface area contributed by atoms with Crippen molar-refractivity contribution in [3.63, 3.8) is 0 Å². The predicted octanol–water partition coefficient (Wildman–Crippen LogP) is 5.02. The van der Waals surface area contributed by atoms with Crippen molar-refractivity contribution in [2.75, 3.05) is 6.54 Å². The van der Waals surface area contributed by atoms with Crippen molar-refractivity contribution in [2.24, 2.45) is 0 Å². The van der Waals surface area contributed by atoms with Crippen LogP contribution < -0.4 is 0 Å². The molecule has 0 spiro atoms. The van der Waals surface area contributed by atoms with Crippen molar-refractivity contribution in [3.8, 4) is 0 Å². The Bertz CT molecular complexity index is 929. The van der Waals surface area contributed by atoms with Gasteiger partial charge in [0, 0.05) is 29.2 Å². The third-order valence-corrected chi connectivity index (χ3v) is 5.64. The molecule has 0 saturated heterocycles. The van der Waals surface area contributed by atoms with E-state index in [4.69, 9.17) is 4.98 Å². The Morgan fingerprint density at radius 1 is 1.27 bits per heavy atom. The average Bonchev–Trinajstić information content (AvgIpc) is 3.01. The standard InChI is InChI=1S/C21H23BrN4/c1-3-4-7-10-26-14(2)11-16-15-8-5-6-9-17(15)25-20(16)21(26)18-12-24-19(22)13-23-18/h3-6,8-9,12-14,21,25H,7,10-11H2,1-2H3/b4-3-/t14-,21?/m1/s1. The molecule has 0 amide bonds. The van der Waals surface area contributed by atoms with Gasteiger partial charge in [-0.1, -0.05) is 30.4 Å². The van der Waals surface area contributed by atoms with E-state index in [9.17, 15) is 0 Å². The van der Waals surface area contributed by atoms with Crippen LogP contribution in [0.5, 0.6) is 0 Å². The van der Waals surface area contributed by atoms with E-state index in [0.717, 1.165) is 29.7 Å². The second-order valence-electron chi connectivity index (χ2n) is 6.88. The highest BCUT2D eigenvalue weighted by molar-refractivity contribution is 9.10. The lowest BCUT2D eigenvalue weighted by atomic mass is 9.90. The highest BCUT2D eigenvalue weighted by Gasteiger charge is 2.36. The molecule has 1 N–H and O–H groups in total. The van der Waals surface area contributed by atoms with Crippen molar-refractivity contribution in [1.29, 1.82) is 0 Å². The molecule has 26 heavy (non-hydrogen) atoms. The SMILES string of the molecule is C/C=C\CCN1C(c2cnc(Br)cn2)c2[nH]c3ccccc3c2C[C@H]1C. The van der Waals surface area contributed by atoms with Crippen LogP contribution in [-0.4, -0.2) is 32.4 Å². The number of aromatic nitrogens is 3. The van der Waals surface area contributed by atoms with Crippen molar-refractivity contribution in [2.45, 2.75) is 38.8 Å². The van der Waals surface area contributed by atoms with Crippen LogP contribution in [0.4, 0.5) is 0 Å². The maximum Gasteiger partial charge on any atom is 0.124 e. The molecule has 0 saturated carbocycles. The van der Waals surface area contributed by atoms with Gasteiger partial charge >= 0.3 is 0 Å². The van der Waals surface area contributed by atoms with Crippen LogP contribution in [0.25, 0.3) is 10.9 Å². The Morgan fingerprint density at radius 3 is 2.88 bits per heavy atom. The molecule has 0 aliphatic carbocycles. The summed E-state index contributed by atoms with van der Waals surface area (Å²) in [5.74, 6) is 0. The highest BCUT2D eigenvalue weighted by Crippen LogP contribution is 2.40. The van der Waals surface area contributed by atoms with E-state index in [0.29, 0.717) is 6.04 Å². The molecule has 2 atom stereocenters. The minimum atomic E-state index is 0.104. The van der Waals surface area contributed by atoms with Gasteiger partial charge in [0.25, 0.3) is 0 Å². The molecule has 1 aromatic carbocycles. The van der Waals surface area contributed by atoms with Gasteiger partial charge in [0.1, 0.15) is 4.60 Å². The van der Waals surface area contributed by atoms with E-state index >= 15 is 0 Å². The van der Waals surface area contributed by atoms with E-state index in [1.165, 1.54) is 22.2 Å². The number of rotatable bonds is 4. The first-order valence-corrected chi connectivity index (χ1v) is 9.92.